The van der Waals surface area contributed by atoms with E-state index >= 15 is 0 Å². The maximum atomic E-state index is 12.2. The highest BCUT2D eigenvalue weighted by atomic mass is 16.6. The minimum atomic E-state index is -0.477. The number of rotatable bonds is 1. The van der Waals surface area contributed by atoms with Gasteiger partial charge in [-0.3, -0.25) is 0 Å². The molecule has 2 atom stereocenters. The quantitative estimate of drug-likeness (QED) is 0.742. The Balaban J connectivity index is 2.59. The van der Waals surface area contributed by atoms with E-state index in [2.05, 4.69) is 13.0 Å². The zero-order valence-corrected chi connectivity index (χ0v) is 14.4. The molecule has 0 aromatic carbocycles. The third-order valence-corrected chi connectivity index (χ3v) is 3.75. The van der Waals surface area contributed by atoms with Gasteiger partial charge >= 0.3 is 6.09 Å². The Labute approximate surface area is 134 Å². The Bertz CT molecular complexity index is 384. The molecule has 2 unspecified atom stereocenters. The van der Waals surface area contributed by atoms with Crippen LogP contribution in [0.4, 0.5) is 4.79 Å². The number of hydrogen-bond donors (Lipinski definition) is 0. The second-order valence-corrected chi connectivity index (χ2v) is 7.25. The molecule has 126 valence electrons. The van der Waals surface area contributed by atoms with Gasteiger partial charge in [-0.2, -0.15) is 5.26 Å². The van der Waals surface area contributed by atoms with E-state index in [1.54, 1.807) is 4.90 Å². The standard InChI is InChI=1S/C17H30N2O3/c1-14-6-5-9-19(16(20)22-17(2,3)4)10-11-21-13-15(12-14)7-8-18/h14-15H,5-7,9-13H2,1-4H3. The fourth-order valence-corrected chi connectivity index (χ4v) is 2.70. The Morgan fingerprint density at radius 2 is 2.14 bits per heavy atom. The van der Waals surface area contributed by atoms with Crippen LogP contribution in [0.15, 0.2) is 0 Å². The summed E-state index contributed by atoms with van der Waals surface area (Å²) in [4.78, 5) is 14.0. The summed E-state index contributed by atoms with van der Waals surface area (Å²) in [6.07, 6.45) is 3.30. The Kier molecular flexibility index (Phi) is 7.67. The van der Waals surface area contributed by atoms with Crippen LogP contribution in [0.3, 0.4) is 0 Å². The number of hydrogen-bond acceptors (Lipinski definition) is 4. The molecule has 0 N–H and O–H groups in total. The Hall–Kier alpha value is -1.28. The van der Waals surface area contributed by atoms with Crippen molar-refractivity contribution in [3.8, 4) is 6.07 Å². The van der Waals surface area contributed by atoms with Gasteiger partial charge in [0.05, 0.1) is 19.3 Å². The first-order valence-corrected chi connectivity index (χ1v) is 8.24. The summed E-state index contributed by atoms with van der Waals surface area (Å²) in [5.74, 6) is 0.841. The van der Waals surface area contributed by atoms with E-state index in [1.165, 1.54) is 0 Å². The molecule has 0 aliphatic carbocycles. The molecule has 1 aliphatic rings. The molecule has 1 rings (SSSR count). The van der Waals surface area contributed by atoms with E-state index in [1.807, 2.05) is 20.8 Å². The lowest BCUT2D eigenvalue weighted by Gasteiger charge is -2.27. The first-order valence-electron chi connectivity index (χ1n) is 8.24. The molecule has 5 heteroatoms. The number of carbonyl (C=O) groups is 1. The highest BCUT2D eigenvalue weighted by molar-refractivity contribution is 5.68. The number of carbonyl (C=O) groups excluding carboxylic acids is 1. The monoisotopic (exact) mass is 310 g/mol. The average Bonchev–Trinajstić information content (AvgIpc) is 2.42. The molecule has 22 heavy (non-hydrogen) atoms. The van der Waals surface area contributed by atoms with Gasteiger partial charge in [0.25, 0.3) is 0 Å². The van der Waals surface area contributed by atoms with E-state index in [0.29, 0.717) is 44.6 Å². The lowest BCUT2D eigenvalue weighted by molar-refractivity contribution is 0.0158. The summed E-state index contributed by atoms with van der Waals surface area (Å²) < 4.78 is 11.1. The van der Waals surface area contributed by atoms with Gasteiger partial charge in [-0.05, 0) is 51.9 Å². The SMILES string of the molecule is CC1CCCN(C(=O)OC(C)(C)C)CCOCC(CC#N)C1. The van der Waals surface area contributed by atoms with Crippen LogP contribution in [0.25, 0.3) is 0 Å². The van der Waals surface area contributed by atoms with Crippen molar-refractivity contribution >= 4 is 6.09 Å². The van der Waals surface area contributed by atoms with Crippen LogP contribution in [0.5, 0.6) is 0 Å². The van der Waals surface area contributed by atoms with E-state index in [0.717, 1.165) is 19.3 Å². The molecule has 0 aromatic rings. The van der Waals surface area contributed by atoms with E-state index in [-0.39, 0.29) is 6.09 Å². The lowest BCUT2D eigenvalue weighted by Crippen LogP contribution is -2.39. The highest BCUT2D eigenvalue weighted by Gasteiger charge is 2.23. The molecule has 1 saturated heterocycles. The number of ether oxygens (including phenoxy) is 2. The summed E-state index contributed by atoms with van der Waals surface area (Å²) >= 11 is 0. The van der Waals surface area contributed by atoms with Gasteiger partial charge < -0.3 is 14.4 Å². The minimum absolute atomic E-state index is 0.267. The van der Waals surface area contributed by atoms with Crippen LogP contribution >= 0.6 is 0 Å². The first-order chi connectivity index (χ1) is 10.3. The molecule has 0 bridgehead atoms. The minimum Gasteiger partial charge on any atom is -0.444 e. The second-order valence-electron chi connectivity index (χ2n) is 7.25. The van der Waals surface area contributed by atoms with Crippen LogP contribution in [0.1, 0.15) is 53.4 Å². The highest BCUT2D eigenvalue weighted by Crippen LogP contribution is 2.21. The van der Waals surface area contributed by atoms with Crippen LogP contribution < -0.4 is 0 Å². The van der Waals surface area contributed by atoms with Crippen molar-refractivity contribution in [1.29, 1.82) is 5.26 Å². The molecule has 1 amide bonds. The molecule has 0 radical (unpaired) electrons. The largest absolute Gasteiger partial charge is 0.444 e. The summed E-state index contributed by atoms with van der Waals surface area (Å²) in [5, 5.41) is 8.90. The van der Waals surface area contributed by atoms with E-state index in [9.17, 15) is 4.79 Å². The van der Waals surface area contributed by atoms with Gasteiger partial charge in [0.15, 0.2) is 0 Å². The van der Waals surface area contributed by atoms with Gasteiger partial charge in [0.1, 0.15) is 5.60 Å². The van der Waals surface area contributed by atoms with Crippen LogP contribution in [0, 0.1) is 23.2 Å². The van der Waals surface area contributed by atoms with Crippen molar-refractivity contribution < 1.29 is 14.3 Å². The van der Waals surface area contributed by atoms with Crippen molar-refractivity contribution in [2.24, 2.45) is 11.8 Å². The molecule has 0 aromatic heterocycles. The molecular formula is C17H30N2O3. The van der Waals surface area contributed by atoms with Crippen molar-refractivity contribution in [2.75, 3.05) is 26.3 Å². The van der Waals surface area contributed by atoms with Gasteiger partial charge in [-0.15, -0.1) is 0 Å². The van der Waals surface area contributed by atoms with E-state index < -0.39 is 5.60 Å². The zero-order chi connectivity index (χ0) is 16.6. The fourth-order valence-electron chi connectivity index (χ4n) is 2.70. The Morgan fingerprint density at radius 3 is 2.77 bits per heavy atom. The van der Waals surface area contributed by atoms with Crippen molar-refractivity contribution in [2.45, 2.75) is 59.0 Å². The lowest BCUT2D eigenvalue weighted by atomic mass is 9.91. The van der Waals surface area contributed by atoms with Crippen LogP contribution in [0.2, 0.25) is 0 Å². The van der Waals surface area contributed by atoms with Gasteiger partial charge in [0, 0.05) is 19.5 Å². The molecule has 1 aliphatic heterocycles. The third-order valence-electron chi connectivity index (χ3n) is 3.75. The fraction of sp³-hybridized carbons (Fsp3) is 0.882. The number of nitrogens with zero attached hydrogens (tertiary/aromatic N) is 2. The normalized spacial score (nSPS) is 25.0. The molecule has 1 fully saturated rings. The molecule has 1 heterocycles. The second kappa shape index (κ2) is 8.99. The predicted octanol–water partition coefficient (Wildman–Crippen LogP) is 3.59. The molecular weight excluding hydrogens is 280 g/mol. The number of amides is 1. The summed E-state index contributed by atoms with van der Waals surface area (Å²) in [7, 11) is 0. The summed E-state index contributed by atoms with van der Waals surface area (Å²) in [5.41, 5.74) is -0.477. The smallest absolute Gasteiger partial charge is 0.410 e. The maximum absolute atomic E-state index is 12.2. The molecule has 5 nitrogen and oxygen atoms in total. The number of nitriles is 1. The van der Waals surface area contributed by atoms with Gasteiger partial charge in [-0.25, -0.2) is 4.79 Å². The predicted molar refractivity (Wildman–Crippen MR) is 85.4 cm³/mol. The maximum Gasteiger partial charge on any atom is 0.410 e. The van der Waals surface area contributed by atoms with Crippen molar-refractivity contribution in [1.82, 2.24) is 4.90 Å². The molecule has 0 saturated carbocycles. The third kappa shape index (κ3) is 7.65. The van der Waals surface area contributed by atoms with E-state index in [4.69, 9.17) is 14.7 Å². The molecule has 0 spiro atoms. The van der Waals surface area contributed by atoms with Crippen LogP contribution in [-0.2, 0) is 9.47 Å². The van der Waals surface area contributed by atoms with Gasteiger partial charge in [-0.1, -0.05) is 6.92 Å². The van der Waals surface area contributed by atoms with Crippen molar-refractivity contribution in [3.63, 3.8) is 0 Å². The average molecular weight is 310 g/mol. The van der Waals surface area contributed by atoms with Crippen molar-refractivity contribution in [3.05, 3.63) is 0 Å². The summed E-state index contributed by atoms with van der Waals surface area (Å²) in [6, 6.07) is 2.25. The summed E-state index contributed by atoms with van der Waals surface area (Å²) in [6.45, 7) is 10.2. The Morgan fingerprint density at radius 1 is 1.41 bits per heavy atom. The van der Waals surface area contributed by atoms with Crippen LogP contribution in [-0.4, -0.2) is 42.9 Å². The zero-order valence-electron chi connectivity index (χ0n) is 14.4. The topological polar surface area (TPSA) is 62.6 Å². The first kappa shape index (κ1) is 18.8. The van der Waals surface area contributed by atoms with Gasteiger partial charge in [0.2, 0.25) is 0 Å².